The van der Waals surface area contributed by atoms with Crippen molar-refractivity contribution in [3.05, 3.63) is 63.3 Å². The molecule has 2 nitrogen and oxygen atoms in total. The molecule has 2 rings (SSSR count). The standard InChI is InChI=1S/C13H12BrClN2/c14-11-3-1-2-9(6-11)7-12(16)10-4-5-13(15)17-8-10/h1-6,8,12H,7,16H2. The van der Waals surface area contributed by atoms with E-state index in [1.807, 2.05) is 18.2 Å². The molecule has 0 fully saturated rings. The lowest BCUT2D eigenvalue weighted by molar-refractivity contribution is 0.718. The van der Waals surface area contributed by atoms with E-state index >= 15 is 0 Å². The summed E-state index contributed by atoms with van der Waals surface area (Å²) in [5.41, 5.74) is 8.32. The molecule has 88 valence electrons. The minimum absolute atomic E-state index is 0.0610. The van der Waals surface area contributed by atoms with Crippen LogP contribution in [0, 0.1) is 0 Å². The Morgan fingerprint density at radius 3 is 2.76 bits per heavy atom. The van der Waals surface area contributed by atoms with Crippen LogP contribution in [-0.4, -0.2) is 4.98 Å². The second kappa shape index (κ2) is 5.63. The van der Waals surface area contributed by atoms with E-state index in [4.69, 9.17) is 17.3 Å². The van der Waals surface area contributed by atoms with E-state index in [0.717, 1.165) is 16.5 Å². The predicted octanol–water partition coefficient (Wildman–Crippen LogP) is 3.74. The number of halogens is 2. The second-order valence-corrected chi connectivity index (χ2v) is 5.16. The highest BCUT2D eigenvalue weighted by atomic mass is 79.9. The average Bonchev–Trinajstić information content (AvgIpc) is 2.29. The van der Waals surface area contributed by atoms with Gasteiger partial charge < -0.3 is 5.73 Å². The molecular formula is C13H12BrClN2. The molecular weight excluding hydrogens is 300 g/mol. The summed E-state index contributed by atoms with van der Waals surface area (Å²) >= 11 is 9.19. The Bertz CT molecular complexity index is 499. The van der Waals surface area contributed by atoms with Crippen molar-refractivity contribution in [1.29, 1.82) is 0 Å². The van der Waals surface area contributed by atoms with Gasteiger partial charge in [-0.2, -0.15) is 0 Å². The highest BCUT2D eigenvalue weighted by Crippen LogP contribution is 2.19. The zero-order valence-electron chi connectivity index (χ0n) is 9.11. The Balaban J connectivity index is 2.11. The summed E-state index contributed by atoms with van der Waals surface area (Å²) in [4.78, 5) is 4.04. The van der Waals surface area contributed by atoms with E-state index in [9.17, 15) is 0 Å². The monoisotopic (exact) mass is 310 g/mol. The third-order valence-electron chi connectivity index (χ3n) is 2.52. The van der Waals surface area contributed by atoms with Crippen molar-refractivity contribution >= 4 is 27.5 Å². The molecule has 2 N–H and O–H groups in total. The van der Waals surface area contributed by atoms with E-state index < -0.39 is 0 Å². The molecule has 1 aromatic carbocycles. The molecule has 0 saturated heterocycles. The van der Waals surface area contributed by atoms with Gasteiger partial charge in [-0.3, -0.25) is 0 Å². The van der Waals surface area contributed by atoms with Gasteiger partial charge in [0.15, 0.2) is 0 Å². The third kappa shape index (κ3) is 3.53. The SMILES string of the molecule is NC(Cc1cccc(Br)c1)c1ccc(Cl)nc1. The van der Waals surface area contributed by atoms with E-state index in [1.165, 1.54) is 5.56 Å². The zero-order valence-corrected chi connectivity index (χ0v) is 11.4. The molecule has 0 amide bonds. The fourth-order valence-electron chi connectivity index (χ4n) is 1.64. The molecule has 2 aromatic rings. The van der Waals surface area contributed by atoms with Crippen LogP contribution in [0.1, 0.15) is 17.2 Å². The number of hydrogen-bond acceptors (Lipinski definition) is 2. The molecule has 0 saturated carbocycles. The van der Waals surface area contributed by atoms with Crippen LogP contribution in [0.2, 0.25) is 5.15 Å². The number of nitrogens with zero attached hydrogens (tertiary/aromatic N) is 1. The van der Waals surface area contributed by atoms with Crippen LogP contribution in [0.25, 0.3) is 0 Å². The summed E-state index contributed by atoms with van der Waals surface area (Å²) in [5, 5.41) is 0.489. The molecule has 4 heteroatoms. The molecule has 0 radical (unpaired) electrons. The van der Waals surface area contributed by atoms with Gasteiger partial charge in [0.25, 0.3) is 0 Å². The number of hydrogen-bond donors (Lipinski definition) is 1. The number of benzene rings is 1. The topological polar surface area (TPSA) is 38.9 Å². The predicted molar refractivity (Wildman–Crippen MR) is 74.0 cm³/mol. The molecule has 1 heterocycles. The third-order valence-corrected chi connectivity index (χ3v) is 3.24. The van der Waals surface area contributed by atoms with Gasteiger partial charge in [-0.05, 0) is 35.7 Å². The van der Waals surface area contributed by atoms with Gasteiger partial charge in [-0.1, -0.05) is 45.7 Å². The molecule has 1 aromatic heterocycles. The highest BCUT2D eigenvalue weighted by molar-refractivity contribution is 9.10. The lowest BCUT2D eigenvalue weighted by atomic mass is 10.0. The van der Waals surface area contributed by atoms with E-state index in [0.29, 0.717) is 5.15 Å². The minimum atomic E-state index is -0.0610. The summed E-state index contributed by atoms with van der Waals surface area (Å²) in [6, 6.07) is 11.8. The maximum Gasteiger partial charge on any atom is 0.129 e. The Hall–Kier alpha value is -0.900. The highest BCUT2D eigenvalue weighted by Gasteiger charge is 2.07. The lowest BCUT2D eigenvalue weighted by Gasteiger charge is -2.11. The zero-order chi connectivity index (χ0) is 12.3. The fourth-order valence-corrected chi connectivity index (χ4v) is 2.20. The minimum Gasteiger partial charge on any atom is -0.324 e. The number of pyridine rings is 1. The molecule has 1 atom stereocenters. The number of aromatic nitrogens is 1. The summed E-state index contributed by atoms with van der Waals surface area (Å²) in [7, 11) is 0. The van der Waals surface area contributed by atoms with Gasteiger partial charge in [0.05, 0.1) is 0 Å². The van der Waals surface area contributed by atoms with Gasteiger partial charge in [0, 0.05) is 16.7 Å². The maximum atomic E-state index is 6.13. The van der Waals surface area contributed by atoms with Crippen LogP contribution in [0.15, 0.2) is 47.1 Å². The van der Waals surface area contributed by atoms with Crippen LogP contribution in [0.3, 0.4) is 0 Å². The van der Waals surface area contributed by atoms with Gasteiger partial charge in [-0.25, -0.2) is 4.98 Å². The first-order valence-corrected chi connectivity index (χ1v) is 6.44. The van der Waals surface area contributed by atoms with Crippen molar-refractivity contribution in [1.82, 2.24) is 4.98 Å². The van der Waals surface area contributed by atoms with Crippen molar-refractivity contribution in [2.45, 2.75) is 12.5 Å². The second-order valence-electron chi connectivity index (χ2n) is 3.85. The van der Waals surface area contributed by atoms with Crippen molar-refractivity contribution in [3.63, 3.8) is 0 Å². The molecule has 17 heavy (non-hydrogen) atoms. The van der Waals surface area contributed by atoms with Crippen molar-refractivity contribution in [2.75, 3.05) is 0 Å². The Kier molecular flexibility index (Phi) is 4.15. The van der Waals surface area contributed by atoms with Crippen molar-refractivity contribution in [2.24, 2.45) is 5.73 Å². The quantitative estimate of drug-likeness (QED) is 0.877. The smallest absolute Gasteiger partial charge is 0.129 e. The summed E-state index contributed by atoms with van der Waals surface area (Å²) in [6.07, 6.45) is 2.51. The molecule has 1 unspecified atom stereocenters. The van der Waals surface area contributed by atoms with Crippen molar-refractivity contribution < 1.29 is 0 Å². The first-order valence-electron chi connectivity index (χ1n) is 5.26. The summed E-state index contributed by atoms with van der Waals surface area (Å²) < 4.78 is 1.07. The average molecular weight is 312 g/mol. The molecule has 0 aliphatic heterocycles. The van der Waals surface area contributed by atoms with Crippen LogP contribution in [0.4, 0.5) is 0 Å². The van der Waals surface area contributed by atoms with E-state index in [2.05, 4.69) is 33.0 Å². The van der Waals surface area contributed by atoms with E-state index in [-0.39, 0.29) is 6.04 Å². The first kappa shape index (κ1) is 12.6. The summed E-state index contributed by atoms with van der Waals surface area (Å²) in [6.45, 7) is 0. The lowest BCUT2D eigenvalue weighted by Crippen LogP contribution is -2.13. The Labute approximate surface area is 114 Å². The summed E-state index contributed by atoms with van der Waals surface area (Å²) in [5.74, 6) is 0. The van der Waals surface area contributed by atoms with Crippen LogP contribution < -0.4 is 5.73 Å². The Morgan fingerprint density at radius 1 is 1.29 bits per heavy atom. The number of rotatable bonds is 3. The first-order chi connectivity index (χ1) is 8.15. The molecule has 0 bridgehead atoms. The van der Waals surface area contributed by atoms with Gasteiger partial charge >= 0.3 is 0 Å². The van der Waals surface area contributed by atoms with Crippen molar-refractivity contribution in [3.8, 4) is 0 Å². The van der Waals surface area contributed by atoms with Crippen LogP contribution >= 0.6 is 27.5 Å². The van der Waals surface area contributed by atoms with Gasteiger partial charge in [-0.15, -0.1) is 0 Å². The molecule has 0 spiro atoms. The largest absolute Gasteiger partial charge is 0.324 e. The maximum absolute atomic E-state index is 6.13. The fraction of sp³-hybridized carbons (Fsp3) is 0.154. The van der Waals surface area contributed by atoms with E-state index in [1.54, 1.807) is 12.3 Å². The molecule has 0 aliphatic rings. The van der Waals surface area contributed by atoms with Crippen LogP contribution in [-0.2, 0) is 6.42 Å². The van der Waals surface area contributed by atoms with Gasteiger partial charge in [0.2, 0.25) is 0 Å². The van der Waals surface area contributed by atoms with Crippen LogP contribution in [0.5, 0.6) is 0 Å². The number of nitrogens with two attached hydrogens (primary N) is 1. The molecule has 0 aliphatic carbocycles. The Morgan fingerprint density at radius 2 is 2.12 bits per heavy atom. The normalized spacial score (nSPS) is 12.4. The van der Waals surface area contributed by atoms with Gasteiger partial charge in [0.1, 0.15) is 5.15 Å².